The van der Waals surface area contributed by atoms with Gasteiger partial charge in [0.05, 0.1) is 5.56 Å². The predicted molar refractivity (Wildman–Crippen MR) is 73.9 cm³/mol. The van der Waals surface area contributed by atoms with Gasteiger partial charge in [-0.1, -0.05) is 6.07 Å². The smallest absolute Gasteiger partial charge is 0.164 e. The van der Waals surface area contributed by atoms with Gasteiger partial charge in [-0.25, -0.2) is 4.39 Å². The van der Waals surface area contributed by atoms with Gasteiger partial charge < -0.3 is 10.4 Å². The first-order chi connectivity index (χ1) is 8.60. The maximum atomic E-state index is 13.6. The molecule has 0 aliphatic heterocycles. The van der Waals surface area contributed by atoms with Crippen molar-refractivity contribution in [1.29, 1.82) is 0 Å². The molecule has 100 valence electrons. The molecule has 0 fully saturated rings. The molecule has 1 aromatic carbocycles. The van der Waals surface area contributed by atoms with Gasteiger partial charge in [-0.3, -0.25) is 4.79 Å². The van der Waals surface area contributed by atoms with Crippen molar-refractivity contribution in [2.24, 2.45) is 0 Å². The highest BCUT2D eigenvalue weighted by Crippen LogP contribution is 2.21. The maximum absolute atomic E-state index is 13.6. The lowest BCUT2D eigenvalue weighted by atomic mass is 10.1. The monoisotopic (exact) mass is 271 g/mol. The zero-order valence-corrected chi connectivity index (χ0v) is 11.4. The Kier molecular flexibility index (Phi) is 6.15. The molecule has 0 aliphatic carbocycles. The quantitative estimate of drug-likeness (QED) is 0.748. The SMILES string of the molecule is CSC[C@H](CCO)Nc1cccc(F)c1C(C)=O. The summed E-state index contributed by atoms with van der Waals surface area (Å²) in [6.45, 7) is 1.40. The molecule has 0 unspecified atom stereocenters. The van der Waals surface area contributed by atoms with Gasteiger partial charge in [-0.15, -0.1) is 0 Å². The molecule has 0 bridgehead atoms. The van der Waals surface area contributed by atoms with E-state index < -0.39 is 5.82 Å². The number of nitrogens with one attached hydrogen (secondary N) is 1. The normalized spacial score (nSPS) is 12.2. The van der Waals surface area contributed by atoms with Crippen LogP contribution in [0.2, 0.25) is 0 Å². The Morgan fingerprint density at radius 2 is 2.28 bits per heavy atom. The molecule has 2 N–H and O–H groups in total. The van der Waals surface area contributed by atoms with Gasteiger partial charge in [-0.2, -0.15) is 11.8 Å². The second-order valence-electron chi connectivity index (χ2n) is 4.03. The number of ketones is 1. The van der Waals surface area contributed by atoms with Crippen molar-refractivity contribution in [1.82, 2.24) is 0 Å². The second kappa shape index (κ2) is 7.38. The van der Waals surface area contributed by atoms with Crippen molar-refractivity contribution in [2.45, 2.75) is 19.4 Å². The zero-order valence-electron chi connectivity index (χ0n) is 10.6. The number of aliphatic hydroxyl groups excluding tert-OH is 1. The molecule has 1 atom stereocenters. The Balaban J connectivity index is 2.94. The van der Waals surface area contributed by atoms with E-state index >= 15 is 0 Å². The van der Waals surface area contributed by atoms with Gasteiger partial charge in [0.15, 0.2) is 5.78 Å². The van der Waals surface area contributed by atoms with Crippen LogP contribution in [-0.2, 0) is 0 Å². The number of carbonyl (C=O) groups is 1. The van der Waals surface area contributed by atoms with Gasteiger partial charge >= 0.3 is 0 Å². The molecule has 1 rings (SSSR count). The molecule has 18 heavy (non-hydrogen) atoms. The summed E-state index contributed by atoms with van der Waals surface area (Å²) in [6.07, 6.45) is 2.53. The second-order valence-corrected chi connectivity index (χ2v) is 4.94. The molecular formula is C13H18FNO2S. The topological polar surface area (TPSA) is 49.3 Å². The predicted octanol–water partition coefficient (Wildman–Crippen LogP) is 2.55. The molecule has 5 heteroatoms. The molecule has 0 saturated carbocycles. The number of rotatable bonds is 7. The molecular weight excluding hydrogens is 253 g/mol. The Hall–Kier alpha value is -1.07. The van der Waals surface area contributed by atoms with Crippen LogP contribution in [0.5, 0.6) is 0 Å². The maximum Gasteiger partial charge on any atom is 0.164 e. The molecule has 0 radical (unpaired) electrons. The van der Waals surface area contributed by atoms with Crippen LogP contribution < -0.4 is 5.32 Å². The van der Waals surface area contributed by atoms with Crippen LogP contribution in [-0.4, -0.2) is 35.5 Å². The van der Waals surface area contributed by atoms with E-state index in [1.54, 1.807) is 23.9 Å². The number of benzene rings is 1. The first kappa shape index (κ1) is 15.0. The third-order valence-electron chi connectivity index (χ3n) is 2.57. The van der Waals surface area contributed by atoms with E-state index in [2.05, 4.69) is 5.32 Å². The van der Waals surface area contributed by atoms with Crippen molar-refractivity contribution in [3.8, 4) is 0 Å². The van der Waals surface area contributed by atoms with Crippen LogP contribution >= 0.6 is 11.8 Å². The fourth-order valence-corrected chi connectivity index (χ4v) is 2.43. The summed E-state index contributed by atoms with van der Waals surface area (Å²) in [4.78, 5) is 11.4. The first-order valence-electron chi connectivity index (χ1n) is 5.76. The molecule has 0 amide bonds. The minimum atomic E-state index is -0.514. The van der Waals surface area contributed by atoms with Crippen molar-refractivity contribution < 1.29 is 14.3 Å². The van der Waals surface area contributed by atoms with Crippen LogP contribution in [0.15, 0.2) is 18.2 Å². The van der Waals surface area contributed by atoms with Gasteiger partial charge in [0.1, 0.15) is 5.82 Å². The fraction of sp³-hybridized carbons (Fsp3) is 0.462. The molecule has 3 nitrogen and oxygen atoms in total. The summed E-state index contributed by atoms with van der Waals surface area (Å²) in [6, 6.07) is 4.55. The van der Waals surface area contributed by atoms with Crippen LogP contribution in [0.4, 0.5) is 10.1 Å². The fourth-order valence-electron chi connectivity index (χ4n) is 1.78. The summed E-state index contributed by atoms with van der Waals surface area (Å²) in [5.74, 6) is -0.0316. The number of hydrogen-bond donors (Lipinski definition) is 2. The standard InChI is InChI=1S/C13H18FNO2S/c1-9(17)13-11(14)4-3-5-12(13)15-10(6-7-16)8-18-2/h3-5,10,15-16H,6-8H2,1-2H3/t10-/m0/s1. The molecule has 0 aromatic heterocycles. The lowest BCUT2D eigenvalue weighted by molar-refractivity contribution is 0.101. The highest BCUT2D eigenvalue weighted by Gasteiger charge is 2.15. The van der Waals surface area contributed by atoms with E-state index in [1.165, 1.54) is 13.0 Å². The van der Waals surface area contributed by atoms with E-state index in [0.29, 0.717) is 12.1 Å². The Morgan fingerprint density at radius 1 is 1.56 bits per heavy atom. The molecule has 1 aromatic rings. The van der Waals surface area contributed by atoms with Crippen molar-refractivity contribution in [3.63, 3.8) is 0 Å². The first-order valence-corrected chi connectivity index (χ1v) is 7.15. The van der Waals surface area contributed by atoms with Crippen LogP contribution in [0.25, 0.3) is 0 Å². The number of hydrogen-bond acceptors (Lipinski definition) is 4. The summed E-state index contributed by atoms with van der Waals surface area (Å²) < 4.78 is 13.6. The Morgan fingerprint density at radius 3 is 2.83 bits per heavy atom. The van der Waals surface area contributed by atoms with E-state index in [4.69, 9.17) is 5.11 Å². The van der Waals surface area contributed by atoms with Crippen molar-refractivity contribution >= 4 is 23.2 Å². The summed E-state index contributed by atoms with van der Waals surface area (Å²) in [7, 11) is 0. The summed E-state index contributed by atoms with van der Waals surface area (Å²) in [5, 5.41) is 12.1. The summed E-state index contributed by atoms with van der Waals surface area (Å²) in [5.41, 5.74) is 0.580. The molecule has 0 aliphatic rings. The van der Waals surface area contributed by atoms with Crippen LogP contribution in [0.3, 0.4) is 0 Å². The van der Waals surface area contributed by atoms with Gasteiger partial charge in [-0.05, 0) is 31.7 Å². The highest BCUT2D eigenvalue weighted by molar-refractivity contribution is 7.98. The average molecular weight is 271 g/mol. The molecule has 0 saturated heterocycles. The minimum absolute atomic E-state index is 0.0184. The largest absolute Gasteiger partial charge is 0.396 e. The minimum Gasteiger partial charge on any atom is -0.396 e. The van der Waals surface area contributed by atoms with Gasteiger partial charge in [0.2, 0.25) is 0 Å². The Labute approximate surface area is 111 Å². The average Bonchev–Trinajstić information content (AvgIpc) is 2.29. The summed E-state index contributed by atoms with van der Waals surface area (Å²) >= 11 is 1.64. The molecule has 0 spiro atoms. The third-order valence-corrected chi connectivity index (χ3v) is 3.31. The lowest BCUT2D eigenvalue weighted by Gasteiger charge is -2.20. The van der Waals surface area contributed by atoms with E-state index in [-0.39, 0.29) is 24.0 Å². The number of carbonyl (C=O) groups excluding carboxylic acids is 1. The van der Waals surface area contributed by atoms with Gasteiger partial charge in [0.25, 0.3) is 0 Å². The van der Waals surface area contributed by atoms with Crippen molar-refractivity contribution in [3.05, 3.63) is 29.6 Å². The number of Topliss-reactive ketones (excluding diaryl/α,β-unsaturated/α-hetero) is 1. The molecule has 0 heterocycles. The van der Waals surface area contributed by atoms with Crippen LogP contribution in [0.1, 0.15) is 23.7 Å². The highest BCUT2D eigenvalue weighted by atomic mass is 32.2. The van der Waals surface area contributed by atoms with Crippen LogP contribution in [0, 0.1) is 5.82 Å². The zero-order chi connectivity index (χ0) is 13.5. The van der Waals surface area contributed by atoms with Crippen molar-refractivity contribution in [2.75, 3.05) is 23.9 Å². The number of halogens is 1. The Bertz CT molecular complexity index is 406. The third kappa shape index (κ3) is 3.99. The lowest BCUT2D eigenvalue weighted by Crippen LogP contribution is -2.25. The van der Waals surface area contributed by atoms with E-state index in [1.807, 2.05) is 6.26 Å². The van der Waals surface area contributed by atoms with Gasteiger partial charge in [0, 0.05) is 24.1 Å². The number of thioether (sulfide) groups is 1. The van der Waals surface area contributed by atoms with E-state index in [0.717, 1.165) is 5.75 Å². The van der Waals surface area contributed by atoms with E-state index in [9.17, 15) is 9.18 Å². The number of anilines is 1. The number of aliphatic hydroxyl groups is 1.